The van der Waals surface area contributed by atoms with Crippen LogP contribution in [0.2, 0.25) is 0 Å². The molecule has 0 fully saturated rings. The minimum Gasteiger partial charge on any atom is -0.454 e. The van der Waals surface area contributed by atoms with Gasteiger partial charge in [0.2, 0.25) is 6.79 Å². The van der Waals surface area contributed by atoms with Gasteiger partial charge in [0.25, 0.3) is 0 Å². The average Bonchev–Trinajstić information content (AvgIpc) is 3.40. The second-order valence-electron chi connectivity index (χ2n) is 5.65. The molecule has 0 saturated carbocycles. The monoisotopic (exact) mass is 382 g/mol. The van der Waals surface area contributed by atoms with Gasteiger partial charge in [0.05, 0.1) is 11.4 Å². The second kappa shape index (κ2) is 6.19. The highest BCUT2D eigenvalue weighted by Gasteiger charge is 2.16. The molecule has 1 aliphatic heterocycles. The standard InChI is InChI=1S/C19H11FN2O2S2/c20-13-4-1-11(2-5-13)14-8-25-18(21-14)19-22-15(9-26-19)12-3-6-16-17(7-12)24-10-23-16/h1-9H,10H2. The highest BCUT2D eigenvalue weighted by molar-refractivity contribution is 7.20. The van der Waals surface area contributed by atoms with E-state index in [1.165, 1.54) is 23.5 Å². The molecule has 4 aromatic rings. The zero-order valence-electron chi connectivity index (χ0n) is 13.3. The van der Waals surface area contributed by atoms with Crippen molar-refractivity contribution >= 4 is 22.7 Å². The Morgan fingerprint density at radius 3 is 2.12 bits per heavy atom. The minimum atomic E-state index is -0.252. The molecule has 0 N–H and O–H groups in total. The summed E-state index contributed by atoms with van der Waals surface area (Å²) >= 11 is 3.08. The van der Waals surface area contributed by atoms with Gasteiger partial charge in [-0.3, -0.25) is 0 Å². The summed E-state index contributed by atoms with van der Waals surface area (Å²) in [7, 11) is 0. The maximum atomic E-state index is 13.1. The predicted molar refractivity (Wildman–Crippen MR) is 100 cm³/mol. The third-order valence-corrected chi connectivity index (χ3v) is 5.83. The number of benzene rings is 2. The summed E-state index contributed by atoms with van der Waals surface area (Å²) in [6, 6.07) is 12.1. The van der Waals surface area contributed by atoms with Crippen molar-refractivity contribution in [1.29, 1.82) is 0 Å². The van der Waals surface area contributed by atoms with Gasteiger partial charge in [-0.1, -0.05) is 0 Å². The van der Waals surface area contributed by atoms with Gasteiger partial charge in [-0.2, -0.15) is 0 Å². The van der Waals surface area contributed by atoms with Gasteiger partial charge >= 0.3 is 0 Å². The van der Waals surface area contributed by atoms with Gasteiger partial charge in [-0.05, 0) is 42.5 Å². The summed E-state index contributed by atoms with van der Waals surface area (Å²) in [4.78, 5) is 9.35. The molecule has 0 radical (unpaired) electrons. The minimum absolute atomic E-state index is 0.252. The van der Waals surface area contributed by atoms with E-state index in [0.717, 1.165) is 44.0 Å². The molecule has 128 valence electrons. The van der Waals surface area contributed by atoms with E-state index in [-0.39, 0.29) is 12.6 Å². The van der Waals surface area contributed by atoms with Crippen LogP contribution in [0.1, 0.15) is 0 Å². The maximum Gasteiger partial charge on any atom is 0.231 e. The Bertz CT molecular complexity index is 1090. The molecule has 3 heterocycles. The van der Waals surface area contributed by atoms with E-state index in [4.69, 9.17) is 14.5 Å². The van der Waals surface area contributed by atoms with Gasteiger partial charge < -0.3 is 9.47 Å². The summed E-state index contributed by atoms with van der Waals surface area (Å²) in [6.45, 7) is 0.256. The van der Waals surface area contributed by atoms with Crippen molar-refractivity contribution in [2.24, 2.45) is 0 Å². The molecule has 4 nitrogen and oxygen atoms in total. The van der Waals surface area contributed by atoms with Crippen molar-refractivity contribution in [1.82, 2.24) is 9.97 Å². The number of rotatable bonds is 3. The number of halogens is 1. The Balaban J connectivity index is 1.44. The molecule has 0 aliphatic carbocycles. The average molecular weight is 382 g/mol. The molecule has 0 spiro atoms. The lowest BCUT2D eigenvalue weighted by atomic mass is 10.1. The van der Waals surface area contributed by atoms with E-state index < -0.39 is 0 Å². The summed E-state index contributed by atoms with van der Waals surface area (Å²) in [5.41, 5.74) is 3.57. The van der Waals surface area contributed by atoms with Crippen LogP contribution in [-0.4, -0.2) is 16.8 Å². The molecule has 1 aliphatic rings. The molecular weight excluding hydrogens is 371 g/mol. The van der Waals surface area contributed by atoms with Crippen molar-refractivity contribution < 1.29 is 13.9 Å². The first-order chi connectivity index (χ1) is 12.8. The first-order valence-corrected chi connectivity index (χ1v) is 9.59. The molecule has 5 rings (SSSR count). The Hall–Kier alpha value is -2.77. The molecule has 0 saturated heterocycles. The first kappa shape index (κ1) is 15.5. The number of thiazole rings is 2. The second-order valence-corrected chi connectivity index (χ2v) is 7.37. The predicted octanol–water partition coefficient (Wildman–Crippen LogP) is 5.47. The van der Waals surface area contributed by atoms with E-state index in [1.807, 2.05) is 29.0 Å². The van der Waals surface area contributed by atoms with Crippen LogP contribution in [0, 0.1) is 5.82 Å². The lowest BCUT2D eigenvalue weighted by Gasteiger charge is -1.99. The van der Waals surface area contributed by atoms with Gasteiger partial charge in [0, 0.05) is 21.9 Å². The van der Waals surface area contributed by atoms with Crippen molar-refractivity contribution in [2.45, 2.75) is 0 Å². The maximum absolute atomic E-state index is 13.1. The van der Waals surface area contributed by atoms with Crippen LogP contribution in [0.3, 0.4) is 0 Å². The van der Waals surface area contributed by atoms with Crippen LogP contribution >= 0.6 is 22.7 Å². The van der Waals surface area contributed by atoms with Crippen LogP contribution < -0.4 is 9.47 Å². The number of aromatic nitrogens is 2. The van der Waals surface area contributed by atoms with Crippen molar-refractivity contribution in [3.63, 3.8) is 0 Å². The third-order valence-electron chi connectivity index (χ3n) is 4.00. The van der Waals surface area contributed by atoms with Gasteiger partial charge in [0.15, 0.2) is 21.5 Å². The van der Waals surface area contributed by atoms with Crippen LogP contribution in [0.15, 0.2) is 53.2 Å². The molecule has 7 heteroatoms. The SMILES string of the molecule is Fc1ccc(-c2csc(-c3nc(-c4ccc5c(c4)OCO5)cs3)n2)cc1. The van der Waals surface area contributed by atoms with Gasteiger partial charge in [-0.25, -0.2) is 14.4 Å². The lowest BCUT2D eigenvalue weighted by molar-refractivity contribution is 0.174. The quantitative estimate of drug-likeness (QED) is 0.471. The fourth-order valence-corrected chi connectivity index (χ4v) is 4.39. The fraction of sp³-hybridized carbons (Fsp3) is 0.0526. The number of nitrogens with zero attached hydrogens (tertiary/aromatic N) is 2. The third kappa shape index (κ3) is 2.75. The van der Waals surface area contributed by atoms with Crippen molar-refractivity contribution in [3.05, 3.63) is 59.0 Å². The summed E-state index contributed by atoms with van der Waals surface area (Å²) in [5, 5.41) is 5.67. The van der Waals surface area contributed by atoms with E-state index >= 15 is 0 Å². The molecule has 0 atom stereocenters. The molecule has 2 aromatic carbocycles. The molecule has 26 heavy (non-hydrogen) atoms. The van der Waals surface area contributed by atoms with E-state index in [9.17, 15) is 4.39 Å². The highest BCUT2D eigenvalue weighted by atomic mass is 32.1. The Labute approximate surface area is 156 Å². The van der Waals surface area contributed by atoms with Crippen LogP contribution in [-0.2, 0) is 0 Å². The van der Waals surface area contributed by atoms with Crippen molar-refractivity contribution in [2.75, 3.05) is 6.79 Å². The first-order valence-electron chi connectivity index (χ1n) is 7.84. The summed E-state index contributed by atoms with van der Waals surface area (Å²) < 4.78 is 23.8. The smallest absolute Gasteiger partial charge is 0.231 e. The van der Waals surface area contributed by atoms with Crippen LogP contribution in [0.4, 0.5) is 4.39 Å². The lowest BCUT2D eigenvalue weighted by Crippen LogP contribution is -1.92. The van der Waals surface area contributed by atoms with Gasteiger partial charge in [0.1, 0.15) is 5.82 Å². The molecule has 0 bridgehead atoms. The highest BCUT2D eigenvalue weighted by Crippen LogP contribution is 2.38. The normalized spacial score (nSPS) is 12.5. The van der Waals surface area contributed by atoms with Crippen LogP contribution in [0.5, 0.6) is 11.5 Å². The van der Waals surface area contributed by atoms with E-state index in [0.29, 0.717) is 0 Å². The fourth-order valence-electron chi connectivity index (χ4n) is 2.69. The largest absolute Gasteiger partial charge is 0.454 e. The topological polar surface area (TPSA) is 44.2 Å². The molecule has 0 unspecified atom stereocenters. The van der Waals surface area contributed by atoms with E-state index in [1.54, 1.807) is 23.5 Å². The molecular formula is C19H11FN2O2S2. The summed E-state index contributed by atoms with van der Waals surface area (Å²) in [6.07, 6.45) is 0. The molecule has 0 amide bonds. The number of hydrogen-bond donors (Lipinski definition) is 0. The Morgan fingerprint density at radius 1 is 0.769 bits per heavy atom. The molecule has 2 aromatic heterocycles. The van der Waals surface area contributed by atoms with Gasteiger partial charge in [-0.15, -0.1) is 22.7 Å². The Kier molecular flexibility index (Phi) is 3.69. The van der Waals surface area contributed by atoms with E-state index in [2.05, 4.69) is 4.98 Å². The Morgan fingerprint density at radius 2 is 1.38 bits per heavy atom. The zero-order chi connectivity index (χ0) is 17.5. The number of ether oxygens (including phenoxy) is 2. The van der Waals surface area contributed by atoms with Crippen molar-refractivity contribution in [3.8, 4) is 44.0 Å². The van der Waals surface area contributed by atoms with Crippen LogP contribution in [0.25, 0.3) is 32.5 Å². The zero-order valence-corrected chi connectivity index (χ0v) is 14.9. The number of hydrogen-bond acceptors (Lipinski definition) is 6. The summed E-state index contributed by atoms with van der Waals surface area (Å²) in [5.74, 6) is 1.25. The number of fused-ring (bicyclic) bond motifs is 1.